The SMILES string of the molecule is Cn1nc(-c2ccc(Cl)s2)c(Br)c1CC(=O)O. The minimum atomic E-state index is -0.885. The molecule has 0 amide bonds. The van der Waals surface area contributed by atoms with Crippen LogP contribution in [0.1, 0.15) is 5.69 Å². The summed E-state index contributed by atoms with van der Waals surface area (Å²) in [6.45, 7) is 0. The van der Waals surface area contributed by atoms with Gasteiger partial charge in [0.1, 0.15) is 5.69 Å². The number of rotatable bonds is 3. The van der Waals surface area contributed by atoms with E-state index in [4.69, 9.17) is 16.7 Å². The van der Waals surface area contributed by atoms with Crippen molar-refractivity contribution in [2.24, 2.45) is 7.05 Å². The van der Waals surface area contributed by atoms with Crippen LogP contribution in [0.25, 0.3) is 10.6 Å². The van der Waals surface area contributed by atoms with Gasteiger partial charge in [0.25, 0.3) is 0 Å². The van der Waals surface area contributed by atoms with Crippen molar-refractivity contribution in [1.29, 1.82) is 0 Å². The van der Waals surface area contributed by atoms with Gasteiger partial charge in [-0.15, -0.1) is 11.3 Å². The summed E-state index contributed by atoms with van der Waals surface area (Å²) >= 11 is 10.7. The number of hydrogen-bond acceptors (Lipinski definition) is 3. The molecule has 2 aromatic rings. The molecule has 0 spiro atoms. The minimum Gasteiger partial charge on any atom is -0.481 e. The molecule has 0 radical (unpaired) electrons. The Kier molecular flexibility index (Phi) is 3.56. The Balaban J connectivity index is 2.47. The second kappa shape index (κ2) is 4.80. The molecule has 0 fully saturated rings. The summed E-state index contributed by atoms with van der Waals surface area (Å²) < 4.78 is 2.96. The molecule has 0 atom stereocenters. The van der Waals surface area contributed by atoms with Crippen LogP contribution in [0.4, 0.5) is 0 Å². The minimum absolute atomic E-state index is 0.0663. The number of aromatic nitrogens is 2. The van der Waals surface area contributed by atoms with Gasteiger partial charge in [-0.2, -0.15) is 5.10 Å². The molecule has 2 rings (SSSR count). The lowest BCUT2D eigenvalue weighted by Gasteiger charge is -1.97. The van der Waals surface area contributed by atoms with Crippen molar-refractivity contribution >= 4 is 44.8 Å². The molecule has 0 aliphatic carbocycles. The number of carboxylic acids is 1. The number of hydrogen-bond donors (Lipinski definition) is 1. The van der Waals surface area contributed by atoms with Gasteiger partial charge in [-0.1, -0.05) is 11.6 Å². The average Bonchev–Trinajstić information content (AvgIpc) is 2.76. The molecule has 0 aliphatic rings. The highest BCUT2D eigenvalue weighted by Gasteiger charge is 2.18. The Morgan fingerprint density at radius 1 is 1.65 bits per heavy atom. The number of thiophene rings is 1. The third kappa shape index (κ3) is 2.53. The molecule has 0 saturated carbocycles. The smallest absolute Gasteiger partial charge is 0.309 e. The van der Waals surface area contributed by atoms with Crippen LogP contribution in [-0.2, 0) is 18.3 Å². The van der Waals surface area contributed by atoms with Crippen LogP contribution in [0.3, 0.4) is 0 Å². The van der Waals surface area contributed by atoms with Gasteiger partial charge in [-0.3, -0.25) is 9.48 Å². The van der Waals surface area contributed by atoms with Gasteiger partial charge in [-0.05, 0) is 28.1 Å². The van der Waals surface area contributed by atoms with Gasteiger partial charge in [0.2, 0.25) is 0 Å². The fourth-order valence-corrected chi connectivity index (χ4v) is 3.32. The lowest BCUT2D eigenvalue weighted by atomic mass is 10.2. The second-order valence-corrected chi connectivity index (χ2v) is 5.92. The predicted octanol–water partition coefficient (Wildman–Crippen LogP) is 3.19. The van der Waals surface area contributed by atoms with Crippen LogP contribution >= 0.6 is 38.9 Å². The summed E-state index contributed by atoms with van der Waals surface area (Å²) in [5.74, 6) is -0.885. The van der Waals surface area contributed by atoms with Gasteiger partial charge in [0, 0.05) is 7.05 Å². The third-order valence-electron chi connectivity index (χ3n) is 2.23. The highest BCUT2D eigenvalue weighted by molar-refractivity contribution is 9.10. The van der Waals surface area contributed by atoms with E-state index in [9.17, 15) is 4.79 Å². The Morgan fingerprint density at radius 3 is 2.88 bits per heavy atom. The Hall–Kier alpha value is -0.850. The summed E-state index contributed by atoms with van der Waals surface area (Å²) in [6.07, 6.45) is -0.0663. The number of nitrogens with zero attached hydrogens (tertiary/aromatic N) is 2. The first kappa shape index (κ1) is 12.6. The summed E-state index contributed by atoms with van der Waals surface area (Å²) in [7, 11) is 1.72. The van der Waals surface area contributed by atoms with Crippen LogP contribution in [0.15, 0.2) is 16.6 Å². The van der Waals surface area contributed by atoms with Crippen LogP contribution in [-0.4, -0.2) is 20.9 Å². The van der Waals surface area contributed by atoms with Crippen molar-refractivity contribution in [3.8, 4) is 10.6 Å². The monoisotopic (exact) mass is 334 g/mol. The number of aliphatic carboxylic acids is 1. The first-order valence-corrected chi connectivity index (χ1v) is 6.66. The predicted molar refractivity (Wildman–Crippen MR) is 70.6 cm³/mol. The van der Waals surface area contributed by atoms with Gasteiger partial charge >= 0.3 is 5.97 Å². The lowest BCUT2D eigenvalue weighted by molar-refractivity contribution is -0.136. The van der Waals surface area contributed by atoms with Crippen molar-refractivity contribution in [1.82, 2.24) is 9.78 Å². The van der Waals surface area contributed by atoms with Gasteiger partial charge < -0.3 is 5.11 Å². The van der Waals surface area contributed by atoms with Crippen LogP contribution in [0.2, 0.25) is 4.34 Å². The summed E-state index contributed by atoms with van der Waals surface area (Å²) in [6, 6.07) is 3.66. The number of halogens is 2. The molecule has 1 N–H and O–H groups in total. The first-order valence-electron chi connectivity index (χ1n) is 4.68. The maximum Gasteiger partial charge on any atom is 0.309 e. The van der Waals surface area contributed by atoms with Crippen molar-refractivity contribution in [2.45, 2.75) is 6.42 Å². The Morgan fingerprint density at radius 2 is 2.35 bits per heavy atom. The van der Waals surface area contributed by atoms with Crippen LogP contribution in [0, 0.1) is 0 Å². The molecule has 7 heteroatoms. The maximum absolute atomic E-state index is 10.7. The van der Waals surface area contributed by atoms with Crippen molar-refractivity contribution in [3.05, 3.63) is 26.6 Å². The zero-order valence-corrected chi connectivity index (χ0v) is 11.9. The molecule has 4 nitrogen and oxygen atoms in total. The highest BCUT2D eigenvalue weighted by atomic mass is 79.9. The number of aryl methyl sites for hydroxylation is 1. The van der Waals surface area contributed by atoms with E-state index in [1.54, 1.807) is 17.8 Å². The van der Waals surface area contributed by atoms with E-state index in [0.717, 1.165) is 10.6 Å². The van der Waals surface area contributed by atoms with Gasteiger partial charge in [0.05, 0.1) is 25.8 Å². The highest BCUT2D eigenvalue weighted by Crippen LogP contribution is 2.36. The molecule has 0 bridgehead atoms. The first-order chi connectivity index (χ1) is 7.99. The molecule has 90 valence electrons. The van der Waals surface area contributed by atoms with E-state index >= 15 is 0 Å². The van der Waals surface area contributed by atoms with E-state index in [0.29, 0.717) is 14.5 Å². The zero-order chi connectivity index (χ0) is 12.6. The van der Waals surface area contributed by atoms with E-state index < -0.39 is 5.97 Å². The van der Waals surface area contributed by atoms with Crippen molar-refractivity contribution in [3.63, 3.8) is 0 Å². The molecular formula is C10H8BrClN2O2S. The van der Waals surface area contributed by atoms with E-state index in [1.807, 2.05) is 6.07 Å². The molecule has 17 heavy (non-hydrogen) atoms. The molecule has 0 aliphatic heterocycles. The molecule has 0 unspecified atom stereocenters. The zero-order valence-electron chi connectivity index (χ0n) is 8.78. The summed E-state index contributed by atoms with van der Waals surface area (Å²) in [5.41, 5.74) is 1.36. The van der Waals surface area contributed by atoms with Crippen LogP contribution in [0.5, 0.6) is 0 Å². The fraction of sp³-hybridized carbons (Fsp3) is 0.200. The molecular weight excluding hydrogens is 328 g/mol. The fourth-order valence-electron chi connectivity index (χ4n) is 1.47. The standard InChI is InChI=1S/C10H8BrClN2O2S/c1-14-5(4-8(15)16)9(11)10(13-14)6-2-3-7(12)17-6/h2-3H,4H2,1H3,(H,15,16). The lowest BCUT2D eigenvalue weighted by Crippen LogP contribution is -2.06. The van der Waals surface area contributed by atoms with Gasteiger partial charge in [-0.25, -0.2) is 0 Å². The molecule has 0 aromatic carbocycles. The van der Waals surface area contributed by atoms with Crippen molar-refractivity contribution in [2.75, 3.05) is 0 Å². The molecule has 0 saturated heterocycles. The summed E-state index contributed by atoms with van der Waals surface area (Å²) in [4.78, 5) is 11.7. The topological polar surface area (TPSA) is 55.1 Å². The second-order valence-electron chi connectivity index (χ2n) is 3.41. The molecule has 2 aromatic heterocycles. The van der Waals surface area contributed by atoms with E-state index in [-0.39, 0.29) is 6.42 Å². The van der Waals surface area contributed by atoms with E-state index in [1.165, 1.54) is 11.3 Å². The number of carbonyl (C=O) groups is 1. The quantitative estimate of drug-likeness (QED) is 0.937. The largest absolute Gasteiger partial charge is 0.481 e. The third-order valence-corrected chi connectivity index (χ3v) is 4.30. The Labute approximate surface area is 115 Å². The van der Waals surface area contributed by atoms with Crippen LogP contribution < -0.4 is 0 Å². The number of carboxylic acid groups (broad SMARTS) is 1. The van der Waals surface area contributed by atoms with Crippen molar-refractivity contribution < 1.29 is 9.90 Å². The average molecular weight is 336 g/mol. The maximum atomic E-state index is 10.7. The van der Waals surface area contributed by atoms with E-state index in [2.05, 4.69) is 21.0 Å². The Bertz CT molecular complexity index is 579. The molecule has 2 heterocycles. The normalized spacial score (nSPS) is 10.8. The summed E-state index contributed by atoms with van der Waals surface area (Å²) in [5, 5.41) is 13.1. The van der Waals surface area contributed by atoms with Gasteiger partial charge in [0.15, 0.2) is 0 Å².